The summed E-state index contributed by atoms with van der Waals surface area (Å²) >= 11 is 0. The van der Waals surface area contributed by atoms with E-state index in [1.165, 1.54) is 5.56 Å². The first-order chi connectivity index (χ1) is 9.20. The number of ether oxygens (including phenoxy) is 2. The molecule has 0 saturated heterocycles. The minimum Gasteiger partial charge on any atom is -0.486 e. The fourth-order valence-electron chi connectivity index (χ4n) is 2.11. The van der Waals surface area contributed by atoms with E-state index < -0.39 is 0 Å². The van der Waals surface area contributed by atoms with Crippen molar-refractivity contribution in [3.05, 3.63) is 23.8 Å². The third-order valence-corrected chi connectivity index (χ3v) is 3.52. The van der Waals surface area contributed by atoms with Gasteiger partial charge in [0.05, 0.1) is 0 Å². The molecule has 1 unspecified atom stereocenters. The van der Waals surface area contributed by atoms with E-state index in [-0.39, 0.29) is 6.61 Å². The summed E-state index contributed by atoms with van der Waals surface area (Å²) in [6, 6.07) is 6.02. The lowest BCUT2D eigenvalue weighted by Gasteiger charge is -2.20. The van der Waals surface area contributed by atoms with E-state index >= 15 is 0 Å². The predicted octanol–water partition coefficient (Wildman–Crippen LogP) is 1.81. The van der Waals surface area contributed by atoms with Gasteiger partial charge in [0.1, 0.15) is 13.2 Å². The van der Waals surface area contributed by atoms with Gasteiger partial charge in [-0.2, -0.15) is 0 Å². The van der Waals surface area contributed by atoms with Gasteiger partial charge in [-0.3, -0.25) is 0 Å². The molecular formula is C15H23NO3. The molecule has 1 heterocycles. The molecule has 0 spiro atoms. The highest BCUT2D eigenvalue weighted by Crippen LogP contribution is 2.30. The Hall–Kier alpha value is -1.26. The Morgan fingerprint density at radius 2 is 1.95 bits per heavy atom. The molecule has 106 valence electrons. The second-order valence-electron chi connectivity index (χ2n) is 5.30. The van der Waals surface area contributed by atoms with Crippen molar-refractivity contribution < 1.29 is 14.6 Å². The fourth-order valence-corrected chi connectivity index (χ4v) is 2.11. The zero-order valence-electron chi connectivity index (χ0n) is 11.7. The van der Waals surface area contributed by atoms with Crippen LogP contribution in [0.3, 0.4) is 0 Å². The smallest absolute Gasteiger partial charge is 0.161 e. The minimum atomic E-state index is 0.228. The van der Waals surface area contributed by atoms with Crippen LogP contribution in [0.2, 0.25) is 0 Å². The molecule has 1 aromatic carbocycles. The predicted molar refractivity (Wildman–Crippen MR) is 74.6 cm³/mol. The second kappa shape index (κ2) is 6.78. The summed E-state index contributed by atoms with van der Waals surface area (Å²) in [5.41, 5.74) is 1.17. The molecule has 0 bridgehead atoms. The summed E-state index contributed by atoms with van der Waals surface area (Å²) < 4.78 is 11.0. The SMILES string of the molecule is CC(C)C(CO)CNCc1ccc2c(c1)OCCO2. The molecule has 2 rings (SSSR count). The van der Waals surface area contributed by atoms with Gasteiger partial charge in [-0.25, -0.2) is 0 Å². The van der Waals surface area contributed by atoms with Crippen LogP contribution in [-0.4, -0.2) is 31.5 Å². The van der Waals surface area contributed by atoms with Gasteiger partial charge >= 0.3 is 0 Å². The van der Waals surface area contributed by atoms with Crippen LogP contribution in [0.4, 0.5) is 0 Å². The van der Waals surface area contributed by atoms with E-state index in [9.17, 15) is 5.11 Å². The van der Waals surface area contributed by atoms with E-state index in [2.05, 4.69) is 19.2 Å². The van der Waals surface area contributed by atoms with Crippen LogP contribution in [0.1, 0.15) is 19.4 Å². The molecule has 4 heteroatoms. The molecule has 0 radical (unpaired) electrons. The van der Waals surface area contributed by atoms with Gasteiger partial charge in [0, 0.05) is 19.7 Å². The number of fused-ring (bicyclic) bond motifs is 1. The van der Waals surface area contributed by atoms with E-state index in [0.717, 1.165) is 24.6 Å². The summed E-state index contributed by atoms with van der Waals surface area (Å²) in [5.74, 6) is 2.44. The van der Waals surface area contributed by atoms with Crippen LogP contribution >= 0.6 is 0 Å². The average molecular weight is 265 g/mol. The monoisotopic (exact) mass is 265 g/mol. The maximum atomic E-state index is 9.28. The highest BCUT2D eigenvalue weighted by Gasteiger charge is 2.13. The van der Waals surface area contributed by atoms with Crippen LogP contribution in [0.5, 0.6) is 11.5 Å². The lowest BCUT2D eigenvalue weighted by molar-refractivity contribution is 0.171. The number of rotatable bonds is 6. The molecule has 1 aliphatic heterocycles. The summed E-state index contributed by atoms with van der Waals surface area (Å²) in [7, 11) is 0. The molecule has 19 heavy (non-hydrogen) atoms. The van der Waals surface area contributed by atoms with Crippen molar-refractivity contribution in [2.45, 2.75) is 20.4 Å². The summed E-state index contributed by atoms with van der Waals surface area (Å²) in [6.45, 7) is 7.33. The van der Waals surface area contributed by atoms with Crippen molar-refractivity contribution in [3.8, 4) is 11.5 Å². The zero-order valence-corrected chi connectivity index (χ0v) is 11.7. The molecule has 0 saturated carbocycles. The van der Waals surface area contributed by atoms with Crippen LogP contribution < -0.4 is 14.8 Å². The first-order valence-electron chi connectivity index (χ1n) is 6.91. The highest BCUT2D eigenvalue weighted by molar-refractivity contribution is 5.43. The van der Waals surface area contributed by atoms with Crippen LogP contribution in [0.25, 0.3) is 0 Å². The lowest BCUT2D eigenvalue weighted by atomic mass is 9.97. The Kier molecular flexibility index (Phi) is 5.05. The quantitative estimate of drug-likeness (QED) is 0.823. The van der Waals surface area contributed by atoms with Gasteiger partial charge in [-0.05, 0) is 29.5 Å². The number of aliphatic hydroxyl groups excluding tert-OH is 1. The Morgan fingerprint density at radius 1 is 1.21 bits per heavy atom. The molecule has 0 fully saturated rings. The third-order valence-electron chi connectivity index (χ3n) is 3.52. The lowest BCUT2D eigenvalue weighted by Crippen LogP contribution is -2.28. The van der Waals surface area contributed by atoms with Gasteiger partial charge in [-0.1, -0.05) is 19.9 Å². The van der Waals surface area contributed by atoms with Crippen LogP contribution in [-0.2, 0) is 6.54 Å². The first-order valence-corrected chi connectivity index (χ1v) is 6.91. The summed E-state index contributed by atoms with van der Waals surface area (Å²) in [6.07, 6.45) is 0. The van der Waals surface area contributed by atoms with Crippen molar-refractivity contribution in [2.75, 3.05) is 26.4 Å². The highest BCUT2D eigenvalue weighted by atomic mass is 16.6. The molecule has 1 aromatic rings. The van der Waals surface area contributed by atoms with Gasteiger partial charge in [0.15, 0.2) is 11.5 Å². The van der Waals surface area contributed by atoms with Crippen LogP contribution in [0.15, 0.2) is 18.2 Å². The van der Waals surface area contributed by atoms with Gasteiger partial charge in [-0.15, -0.1) is 0 Å². The number of nitrogens with one attached hydrogen (secondary N) is 1. The van der Waals surface area contributed by atoms with Crippen molar-refractivity contribution in [1.29, 1.82) is 0 Å². The maximum Gasteiger partial charge on any atom is 0.161 e. The van der Waals surface area contributed by atoms with E-state index in [4.69, 9.17) is 9.47 Å². The Balaban J connectivity index is 1.86. The van der Waals surface area contributed by atoms with E-state index in [1.54, 1.807) is 0 Å². The van der Waals surface area contributed by atoms with Crippen molar-refractivity contribution in [2.24, 2.45) is 11.8 Å². The molecule has 4 nitrogen and oxygen atoms in total. The van der Waals surface area contributed by atoms with E-state index in [1.807, 2.05) is 18.2 Å². The van der Waals surface area contributed by atoms with Crippen molar-refractivity contribution in [1.82, 2.24) is 5.32 Å². The zero-order chi connectivity index (χ0) is 13.7. The molecule has 1 atom stereocenters. The van der Waals surface area contributed by atoms with Gasteiger partial charge in [0.25, 0.3) is 0 Å². The number of aliphatic hydroxyl groups is 1. The van der Waals surface area contributed by atoms with Crippen LogP contribution in [0, 0.1) is 11.8 Å². The Bertz CT molecular complexity index is 406. The van der Waals surface area contributed by atoms with Gasteiger partial charge < -0.3 is 19.9 Å². The van der Waals surface area contributed by atoms with E-state index in [0.29, 0.717) is 25.0 Å². The first kappa shape index (κ1) is 14.2. The van der Waals surface area contributed by atoms with Gasteiger partial charge in [0.2, 0.25) is 0 Å². The molecule has 1 aliphatic rings. The summed E-state index contributed by atoms with van der Waals surface area (Å²) in [4.78, 5) is 0. The minimum absolute atomic E-state index is 0.228. The molecule has 0 aromatic heterocycles. The Morgan fingerprint density at radius 3 is 2.63 bits per heavy atom. The fraction of sp³-hybridized carbons (Fsp3) is 0.600. The van der Waals surface area contributed by atoms with Crippen molar-refractivity contribution >= 4 is 0 Å². The number of benzene rings is 1. The number of hydrogen-bond acceptors (Lipinski definition) is 4. The molecule has 0 aliphatic carbocycles. The largest absolute Gasteiger partial charge is 0.486 e. The molecule has 0 amide bonds. The molecular weight excluding hydrogens is 242 g/mol. The summed E-state index contributed by atoms with van der Waals surface area (Å²) in [5, 5.41) is 12.7. The normalized spacial score (nSPS) is 15.6. The maximum absolute atomic E-state index is 9.28. The number of hydrogen-bond donors (Lipinski definition) is 2. The van der Waals surface area contributed by atoms with Crippen molar-refractivity contribution in [3.63, 3.8) is 0 Å². The second-order valence-corrected chi connectivity index (χ2v) is 5.30. The third kappa shape index (κ3) is 3.85. The molecule has 2 N–H and O–H groups in total. The Labute approximate surface area is 114 Å². The topological polar surface area (TPSA) is 50.7 Å². The standard InChI is InChI=1S/C15H23NO3/c1-11(2)13(10-17)9-16-8-12-3-4-14-15(7-12)19-6-5-18-14/h3-4,7,11,13,16-17H,5-6,8-10H2,1-2H3. The average Bonchev–Trinajstić information content (AvgIpc) is 2.43.